The summed E-state index contributed by atoms with van der Waals surface area (Å²) >= 11 is 5.47. The van der Waals surface area contributed by atoms with Gasteiger partial charge in [0.2, 0.25) is 0 Å². The standard InChI is InChI=1S/C13H15ClF3NO3/c1-20-9-3-4-10(11(7-9)21-2)12(19)18(6-5-14)8-13(15,16)17/h3-4,7H,5-6,8H2,1-2H3. The van der Waals surface area contributed by atoms with Gasteiger partial charge in [0.1, 0.15) is 18.0 Å². The van der Waals surface area contributed by atoms with Crippen LogP contribution in [0, 0.1) is 0 Å². The molecule has 118 valence electrons. The molecule has 0 heterocycles. The molecule has 0 saturated carbocycles. The SMILES string of the molecule is COc1ccc(C(=O)N(CCCl)CC(F)(F)F)c(OC)c1. The second-order valence-electron chi connectivity index (χ2n) is 4.10. The first-order valence-corrected chi connectivity index (χ1v) is 6.50. The van der Waals surface area contributed by atoms with E-state index < -0.39 is 18.6 Å². The molecule has 0 radical (unpaired) electrons. The zero-order chi connectivity index (χ0) is 16.0. The van der Waals surface area contributed by atoms with Crippen molar-refractivity contribution < 1.29 is 27.4 Å². The van der Waals surface area contributed by atoms with E-state index >= 15 is 0 Å². The van der Waals surface area contributed by atoms with E-state index in [1.807, 2.05) is 0 Å². The van der Waals surface area contributed by atoms with Crippen LogP contribution >= 0.6 is 11.6 Å². The highest BCUT2D eigenvalue weighted by atomic mass is 35.5. The van der Waals surface area contributed by atoms with Gasteiger partial charge in [-0.25, -0.2) is 0 Å². The molecule has 1 rings (SSSR count). The Kier molecular flexibility index (Phi) is 6.14. The molecule has 0 aliphatic heterocycles. The van der Waals surface area contributed by atoms with Crippen LogP contribution in [0.5, 0.6) is 11.5 Å². The van der Waals surface area contributed by atoms with Crippen LogP contribution in [0.15, 0.2) is 18.2 Å². The molecule has 0 aromatic heterocycles. The van der Waals surface area contributed by atoms with Gasteiger partial charge in [-0.1, -0.05) is 0 Å². The largest absolute Gasteiger partial charge is 0.497 e. The van der Waals surface area contributed by atoms with Crippen LogP contribution in [0.4, 0.5) is 13.2 Å². The van der Waals surface area contributed by atoms with Crippen LogP contribution in [-0.2, 0) is 0 Å². The van der Waals surface area contributed by atoms with Crippen molar-refractivity contribution in [2.75, 3.05) is 33.2 Å². The van der Waals surface area contributed by atoms with Crippen molar-refractivity contribution in [2.45, 2.75) is 6.18 Å². The van der Waals surface area contributed by atoms with Crippen LogP contribution in [-0.4, -0.2) is 50.2 Å². The minimum atomic E-state index is -4.50. The third-order valence-corrected chi connectivity index (χ3v) is 2.82. The number of amides is 1. The third-order valence-electron chi connectivity index (χ3n) is 2.65. The molecular formula is C13H15ClF3NO3. The molecule has 0 atom stereocenters. The predicted octanol–water partition coefficient (Wildman–Crippen LogP) is 2.95. The number of carbonyl (C=O) groups excluding carboxylic acids is 1. The van der Waals surface area contributed by atoms with Crippen LogP contribution in [0.3, 0.4) is 0 Å². The first kappa shape index (κ1) is 17.4. The van der Waals surface area contributed by atoms with Crippen LogP contribution in [0.1, 0.15) is 10.4 Å². The minimum absolute atomic E-state index is 0.0210. The van der Waals surface area contributed by atoms with Crippen LogP contribution in [0.2, 0.25) is 0 Å². The number of ether oxygens (including phenoxy) is 2. The Morgan fingerprint density at radius 2 is 1.95 bits per heavy atom. The number of nitrogens with zero attached hydrogens (tertiary/aromatic N) is 1. The summed E-state index contributed by atoms with van der Waals surface area (Å²) in [6, 6.07) is 4.26. The predicted molar refractivity (Wildman–Crippen MR) is 72.2 cm³/mol. The average Bonchev–Trinajstić information content (AvgIpc) is 2.44. The van der Waals surface area contributed by atoms with Crippen molar-refractivity contribution in [3.8, 4) is 11.5 Å². The molecule has 0 N–H and O–H groups in total. The number of rotatable bonds is 6. The minimum Gasteiger partial charge on any atom is -0.497 e. The zero-order valence-electron chi connectivity index (χ0n) is 11.5. The normalized spacial score (nSPS) is 11.1. The van der Waals surface area contributed by atoms with E-state index in [2.05, 4.69) is 0 Å². The highest BCUT2D eigenvalue weighted by molar-refractivity contribution is 6.18. The van der Waals surface area contributed by atoms with Gasteiger partial charge in [0, 0.05) is 18.5 Å². The van der Waals surface area contributed by atoms with Crippen molar-refractivity contribution in [1.29, 1.82) is 0 Å². The van der Waals surface area contributed by atoms with Crippen molar-refractivity contribution in [3.63, 3.8) is 0 Å². The number of hydrogen-bond acceptors (Lipinski definition) is 3. The molecule has 1 aromatic carbocycles. The number of methoxy groups -OCH3 is 2. The van der Waals surface area contributed by atoms with Gasteiger partial charge in [-0.3, -0.25) is 4.79 Å². The molecule has 0 saturated heterocycles. The summed E-state index contributed by atoms with van der Waals surface area (Å²) in [7, 11) is 2.75. The maximum absolute atomic E-state index is 12.5. The van der Waals surface area contributed by atoms with E-state index in [0.29, 0.717) is 10.6 Å². The summed E-state index contributed by atoms with van der Waals surface area (Å²) in [5.41, 5.74) is 0.0210. The van der Waals surface area contributed by atoms with Gasteiger partial charge in [0.25, 0.3) is 5.91 Å². The second-order valence-corrected chi connectivity index (χ2v) is 4.48. The lowest BCUT2D eigenvalue weighted by Crippen LogP contribution is -2.40. The van der Waals surface area contributed by atoms with Gasteiger partial charge >= 0.3 is 6.18 Å². The lowest BCUT2D eigenvalue weighted by molar-refractivity contribution is -0.140. The number of benzene rings is 1. The maximum Gasteiger partial charge on any atom is 0.406 e. The van der Waals surface area contributed by atoms with E-state index in [4.69, 9.17) is 21.1 Å². The number of carbonyl (C=O) groups is 1. The van der Waals surface area contributed by atoms with Gasteiger partial charge < -0.3 is 14.4 Å². The molecule has 4 nitrogen and oxygen atoms in total. The Balaban J connectivity index is 3.08. The van der Waals surface area contributed by atoms with Gasteiger partial charge in [-0.15, -0.1) is 11.6 Å². The Labute approximate surface area is 125 Å². The summed E-state index contributed by atoms with van der Waals surface area (Å²) in [5, 5.41) is 0. The maximum atomic E-state index is 12.5. The molecule has 0 aliphatic rings. The number of alkyl halides is 4. The van der Waals surface area contributed by atoms with E-state index in [1.54, 1.807) is 0 Å². The van der Waals surface area contributed by atoms with Crippen LogP contribution in [0.25, 0.3) is 0 Å². The average molecular weight is 326 g/mol. The van der Waals surface area contributed by atoms with Gasteiger partial charge in [0.15, 0.2) is 0 Å². The summed E-state index contributed by atoms with van der Waals surface area (Å²) in [4.78, 5) is 12.9. The fraction of sp³-hybridized carbons (Fsp3) is 0.462. The van der Waals surface area contributed by atoms with Gasteiger partial charge in [-0.2, -0.15) is 13.2 Å². The summed E-state index contributed by atoms with van der Waals surface area (Å²) < 4.78 is 47.6. The van der Waals surface area contributed by atoms with E-state index in [-0.39, 0.29) is 23.7 Å². The summed E-state index contributed by atoms with van der Waals surface area (Å²) in [6.45, 7) is -1.58. The van der Waals surface area contributed by atoms with E-state index in [1.165, 1.54) is 32.4 Å². The highest BCUT2D eigenvalue weighted by Crippen LogP contribution is 2.27. The summed E-state index contributed by atoms with van der Waals surface area (Å²) in [5.74, 6) is -0.322. The van der Waals surface area contributed by atoms with Gasteiger partial charge in [0.05, 0.1) is 19.8 Å². The Morgan fingerprint density at radius 3 is 2.43 bits per heavy atom. The highest BCUT2D eigenvalue weighted by Gasteiger charge is 2.33. The molecular weight excluding hydrogens is 311 g/mol. The Bertz CT molecular complexity index is 494. The van der Waals surface area contributed by atoms with E-state index in [0.717, 1.165) is 0 Å². The molecule has 0 fully saturated rings. The lowest BCUT2D eigenvalue weighted by atomic mass is 10.1. The van der Waals surface area contributed by atoms with Crippen molar-refractivity contribution >= 4 is 17.5 Å². The van der Waals surface area contributed by atoms with Crippen molar-refractivity contribution in [2.24, 2.45) is 0 Å². The monoisotopic (exact) mass is 325 g/mol. The number of hydrogen-bond donors (Lipinski definition) is 0. The molecule has 0 spiro atoms. The quantitative estimate of drug-likeness (QED) is 0.755. The van der Waals surface area contributed by atoms with Gasteiger partial charge in [-0.05, 0) is 12.1 Å². The molecule has 21 heavy (non-hydrogen) atoms. The topological polar surface area (TPSA) is 38.8 Å². The molecule has 8 heteroatoms. The van der Waals surface area contributed by atoms with Crippen molar-refractivity contribution in [3.05, 3.63) is 23.8 Å². The zero-order valence-corrected chi connectivity index (χ0v) is 12.3. The Morgan fingerprint density at radius 1 is 1.29 bits per heavy atom. The Hall–Kier alpha value is -1.63. The smallest absolute Gasteiger partial charge is 0.406 e. The number of halogens is 4. The van der Waals surface area contributed by atoms with Crippen molar-refractivity contribution in [1.82, 2.24) is 4.90 Å². The fourth-order valence-electron chi connectivity index (χ4n) is 1.72. The molecule has 0 aliphatic carbocycles. The fourth-order valence-corrected chi connectivity index (χ4v) is 1.92. The molecule has 1 aromatic rings. The van der Waals surface area contributed by atoms with Crippen LogP contribution < -0.4 is 9.47 Å². The lowest BCUT2D eigenvalue weighted by Gasteiger charge is -2.24. The summed E-state index contributed by atoms with van der Waals surface area (Å²) in [6.07, 6.45) is -4.50. The van der Waals surface area contributed by atoms with E-state index in [9.17, 15) is 18.0 Å². The third kappa shape index (κ3) is 5.00. The molecule has 1 amide bonds. The molecule has 0 unspecified atom stereocenters. The molecule has 0 bridgehead atoms. The first-order chi connectivity index (χ1) is 9.82. The second kappa shape index (κ2) is 7.40. The first-order valence-electron chi connectivity index (χ1n) is 5.96.